The molecule has 0 aromatic carbocycles. The molecule has 0 aromatic heterocycles. The molecule has 0 aliphatic rings. The summed E-state index contributed by atoms with van der Waals surface area (Å²) in [7, 11) is -1.16. The number of nitrogens with zero attached hydrogens (tertiary/aromatic N) is 2. The van der Waals surface area contributed by atoms with Gasteiger partial charge in [0.15, 0.2) is 0 Å². The van der Waals surface area contributed by atoms with E-state index in [1.807, 2.05) is 0 Å². The molecule has 6 heteroatoms. The van der Waals surface area contributed by atoms with Crippen molar-refractivity contribution in [2.75, 3.05) is 19.8 Å². The third-order valence-electron chi connectivity index (χ3n) is 2.17. The monoisotopic (exact) mass is 276 g/mol. The first-order valence-electron chi connectivity index (χ1n) is 6.36. The number of hydrogen-bond donors (Lipinski definition) is 1. The Morgan fingerprint density at radius 3 is 2.17 bits per heavy atom. The average Bonchev–Trinajstić information content (AvgIpc) is 2.28. The van der Waals surface area contributed by atoms with Crippen molar-refractivity contribution in [2.45, 2.75) is 52.6 Å². The van der Waals surface area contributed by atoms with Crippen molar-refractivity contribution in [3.8, 4) is 6.07 Å². The Balaban J connectivity index is 4.44. The van der Waals surface area contributed by atoms with Crippen LogP contribution in [0.15, 0.2) is 0 Å². The average molecular weight is 276 g/mol. The van der Waals surface area contributed by atoms with Crippen LogP contribution in [-0.4, -0.2) is 41.7 Å². The summed E-state index contributed by atoms with van der Waals surface area (Å²) in [4.78, 5) is 0. The van der Waals surface area contributed by atoms with E-state index in [4.69, 9.17) is 19.4 Å². The second-order valence-corrected chi connectivity index (χ2v) is 5.91. The Bertz CT molecular complexity index is 236. The lowest BCUT2D eigenvalue weighted by Crippen LogP contribution is -2.33. The fraction of sp³-hybridized carbons (Fsp3) is 0.917. The third-order valence-corrected chi connectivity index (χ3v) is 4.27. The van der Waals surface area contributed by atoms with Crippen LogP contribution >= 0.6 is 8.53 Å². The van der Waals surface area contributed by atoms with Crippen LogP contribution in [0.3, 0.4) is 0 Å². The number of rotatable bonds is 10. The lowest BCUT2D eigenvalue weighted by molar-refractivity contribution is 0.164. The van der Waals surface area contributed by atoms with Gasteiger partial charge in [-0.05, 0) is 34.1 Å². The first kappa shape index (κ1) is 17.8. The third kappa shape index (κ3) is 7.25. The van der Waals surface area contributed by atoms with Gasteiger partial charge in [-0.25, -0.2) is 4.67 Å². The van der Waals surface area contributed by atoms with Crippen LogP contribution < -0.4 is 0 Å². The SMILES string of the molecule is CC(C)N(C(C)C)P(OCCC#N)OCCCO. The van der Waals surface area contributed by atoms with Gasteiger partial charge in [-0.2, -0.15) is 5.26 Å². The van der Waals surface area contributed by atoms with E-state index in [2.05, 4.69) is 38.4 Å². The highest BCUT2D eigenvalue weighted by molar-refractivity contribution is 7.44. The van der Waals surface area contributed by atoms with Crippen LogP contribution in [0.2, 0.25) is 0 Å². The molecule has 5 nitrogen and oxygen atoms in total. The van der Waals surface area contributed by atoms with Crippen molar-refractivity contribution in [1.82, 2.24) is 4.67 Å². The zero-order chi connectivity index (χ0) is 14.0. The van der Waals surface area contributed by atoms with Gasteiger partial charge in [-0.1, -0.05) is 0 Å². The summed E-state index contributed by atoms with van der Waals surface area (Å²) in [6, 6.07) is 2.68. The van der Waals surface area contributed by atoms with Crippen LogP contribution in [-0.2, 0) is 9.05 Å². The van der Waals surface area contributed by atoms with E-state index in [1.54, 1.807) is 0 Å². The summed E-state index contributed by atoms with van der Waals surface area (Å²) in [5, 5.41) is 17.3. The molecule has 0 saturated heterocycles. The van der Waals surface area contributed by atoms with Crippen LogP contribution in [0.5, 0.6) is 0 Å². The summed E-state index contributed by atoms with van der Waals surface area (Å²) in [6.07, 6.45) is 0.969. The lowest BCUT2D eigenvalue weighted by atomic mass is 10.3. The predicted octanol–water partition coefficient (Wildman–Crippen LogP) is 2.66. The molecule has 1 N–H and O–H groups in total. The Morgan fingerprint density at radius 2 is 1.72 bits per heavy atom. The summed E-state index contributed by atoms with van der Waals surface area (Å²) in [5.41, 5.74) is 0. The molecular formula is C12H25N2O3P. The molecule has 18 heavy (non-hydrogen) atoms. The molecule has 0 aliphatic carbocycles. The van der Waals surface area contributed by atoms with Gasteiger partial charge in [0, 0.05) is 18.7 Å². The Morgan fingerprint density at radius 1 is 1.17 bits per heavy atom. The highest BCUT2D eigenvalue weighted by Crippen LogP contribution is 2.45. The first-order valence-corrected chi connectivity index (χ1v) is 7.49. The number of aliphatic hydroxyl groups is 1. The smallest absolute Gasteiger partial charge is 0.259 e. The lowest BCUT2D eigenvalue weighted by Gasteiger charge is -2.35. The minimum absolute atomic E-state index is 0.116. The van der Waals surface area contributed by atoms with Crippen LogP contribution in [0.1, 0.15) is 40.5 Å². The van der Waals surface area contributed by atoms with Crippen molar-refractivity contribution in [1.29, 1.82) is 5.26 Å². The second-order valence-electron chi connectivity index (χ2n) is 4.46. The van der Waals surface area contributed by atoms with Crippen LogP contribution in [0.25, 0.3) is 0 Å². The molecule has 0 saturated carbocycles. The minimum Gasteiger partial charge on any atom is -0.396 e. The van der Waals surface area contributed by atoms with E-state index in [-0.39, 0.29) is 6.61 Å². The van der Waals surface area contributed by atoms with Gasteiger partial charge in [0.2, 0.25) is 0 Å². The van der Waals surface area contributed by atoms with Gasteiger partial charge in [-0.15, -0.1) is 0 Å². The van der Waals surface area contributed by atoms with E-state index in [9.17, 15) is 0 Å². The molecule has 0 bridgehead atoms. The molecule has 0 aromatic rings. The van der Waals surface area contributed by atoms with Gasteiger partial charge in [-0.3, -0.25) is 0 Å². The van der Waals surface area contributed by atoms with Crippen molar-refractivity contribution in [2.24, 2.45) is 0 Å². The molecule has 0 radical (unpaired) electrons. The summed E-state index contributed by atoms with van der Waals surface area (Å²) < 4.78 is 13.6. The fourth-order valence-electron chi connectivity index (χ4n) is 1.52. The standard InChI is InChI=1S/C12H25N2O3P/c1-11(2)14(12(3)4)18(16-9-5-7-13)17-10-6-8-15/h11-12,15H,5-6,8-10H2,1-4H3. The molecule has 0 amide bonds. The normalized spacial score (nSPS) is 13.3. The predicted molar refractivity (Wildman–Crippen MR) is 72.9 cm³/mol. The zero-order valence-electron chi connectivity index (χ0n) is 11.8. The number of aliphatic hydroxyl groups excluding tert-OH is 1. The molecular weight excluding hydrogens is 251 g/mol. The van der Waals surface area contributed by atoms with Crippen molar-refractivity contribution >= 4 is 8.53 Å². The Hall–Kier alpha value is -0.240. The maximum atomic E-state index is 8.78. The topological polar surface area (TPSA) is 65.7 Å². The van der Waals surface area contributed by atoms with E-state index in [0.717, 1.165) is 0 Å². The molecule has 0 fully saturated rings. The van der Waals surface area contributed by atoms with E-state index < -0.39 is 8.53 Å². The van der Waals surface area contributed by atoms with Crippen LogP contribution in [0.4, 0.5) is 0 Å². The molecule has 0 spiro atoms. The zero-order valence-corrected chi connectivity index (χ0v) is 12.7. The molecule has 1 atom stereocenters. The van der Waals surface area contributed by atoms with Gasteiger partial charge in [0.05, 0.1) is 25.7 Å². The molecule has 106 valence electrons. The highest BCUT2D eigenvalue weighted by atomic mass is 31.2. The Kier molecular flexibility index (Phi) is 10.5. The largest absolute Gasteiger partial charge is 0.396 e. The maximum Gasteiger partial charge on any atom is 0.259 e. The van der Waals surface area contributed by atoms with Gasteiger partial charge in [0.25, 0.3) is 8.53 Å². The van der Waals surface area contributed by atoms with Crippen LogP contribution in [0, 0.1) is 11.3 Å². The molecule has 0 aliphatic heterocycles. The highest BCUT2D eigenvalue weighted by Gasteiger charge is 2.26. The summed E-state index contributed by atoms with van der Waals surface area (Å²) >= 11 is 0. The summed E-state index contributed by atoms with van der Waals surface area (Å²) in [5.74, 6) is 0. The minimum atomic E-state index is -1.16. The van der Waals surface area contributed by atoms with E-state index >= 15 is 0 Å². The molecule has 1 unspecified atom stereocenters. The summed E-state index contributed by atoms with van der Waals surface area (Å²) in [6.45, 7) is 9.36. The van der Waals surface area contributed by atoms with Gasteiger partial charge < -0.3 is 14.2 Å². The molecule has 0 rings (SSSR count). The van der Waals surface area contributed by atoms with E-state index in [1.165, 1.54) is 0 Å². The molecule has 0 heterocycles. The fourth-order valence-corrected chi connectivity index (χ4v) is 3.15. The van der Waals surface area contributed by atoms with Gasteiger partial charge in [0.1, 0.15) is 0 Å². The maximum absolute atomic E-state index is 8.78. The number of hydrogen-bond acceptors (Lipinski definition) is 5. The van der Waals surface area contributed by atoms with Crippen molar-refractivity contribution < 1.29 is 14.2 Å². The Labute approximate surface area is 112 Å². The quantitative estimate of drug-likeness (QED) is 0.491. The van der Waals surface area contributed by atoms with E-state index in [0.29, 0.717) is 38.1 Å². The van der Waals surface area contributed by atoms with Crippen molar-refractivity contribution in [3.05, 3.63) is 0 Å². The first-order chi connectivity index (χ1) is 8.54. The van der Waals surface area contributed by atoms with Crippen molar-refractivity contribution in [3.63, 3.8) is 0 Å². The second kappa shape index (κ2) is 10.7. The number of nitriles is 1. The van der Waals surface area contributed by atoms with Gasteiger partial charge >= 0.3 is 0 Å².